The second-order valence-electron chi connectivity index (χ2n) is 4.73. The molecule has 0 spiro atoms. The summed E-state index contributed by atoms with van der Waals surface area (Å²) in [6.45, 7) is 0. The number of aromatic nitrogens is 2. The van der Waals surface area contributed by atoms with Crippen LogP contribution in [0.2, 0.25) is 5.02 Å². The standard InChI is InChI=1S/C13H13ClFN3/c14-9-1-2-13(18-7-10(15)6-17-18)12(5-9)8-3-11(16)4-8/h1-2,5-8,11H,3-4,16H2. The molecule has 1 heterocycles. The predicted molar refractivity (Wildman–Crippen MR) is 68.5 cm³/mol. The van der Waals surface area contributed by atoms with E-state index in [-0.39, 0.29) is 11.9 Å². The summed E-state index contributed by atoms with van der Waals surface area (Å²) in [6.07, 6.45) is 4.45. The molecule has 2 aromatic rings. The van der Waals surface area contributed by atoms with Crippen LogP contribution in [0.3, 0.4) is 0 Å². The second-order valence-corrected chi connectivity index (χ2v) is 5.17. The SMILES string of the molecule is NC1CC(c2cc(Cl)ccc2-n2cc(F)cn2)C1. The van der Waals surface area contributed by atoms with Crippen LogP contribution in [-0.4, -0.2) is 15.8 Å². The molecule has 0 atom stereocenters. The van der Waals surface area contributed by atoms with Crippen molar-refractivity contribution < 1.29 is 4.39 Å². The fraction of sp³-hybridized carbons (Fsp3) is 0.308. The van der Waals surface area contributed by atoms with Crippen LogP contribution < -0.4 is 5.73 Å². The first-order valence-electron chi connectivity index (χ1n) is 5.89. The fourth-order valence-corrected chi connectivity index (χ4v) is 2.59. The van der Waals surface area contributed by atoms with Crippen LogP contribution in [0.15, 0.2) is 30.6 Å². The minimum Gasteiger partial charge on any atom is -0.328 e. The Labute approximate surface area is 109 Å². The number of hydrogen-bond donors (Lipinski definition) is 1. The van der Waals surface area contributed by atoms with Gasteiger partial charge in [-0.2, -0.15) is 5.10 Å². The molecule has 1 aromatic carbocycles. The third-order valence-corrected chi connectivity index (χ3v) is 3.64. The molecule has 5 heteroatoms. The summed E-state index contributed by atoms with van der Waals surface area (Å²) >= 11 is 6.04. The molecule has 0 aliphatic heterocycles. The first-order chi connectivity index (χ1) is 8.63. The van der Waals surface area contributed by atoms with Crippen molar-refractivity contribution in [2.75, 3.05) is 0 Å². The van der Waals surface area contributed by atoms with E-state index in [2.05, 4.69) is 5.10 Å². The van der Waals surface area contributed by atoms with Gasteiger partial charge in [-0.25, -0.2) is 9.07 Å². The number of hydrogen-bond acceptors (Lipinski definition) is 2. The van der Waals surface area contributed by atoms with Crippen molar-refractivity contribution in [3.63, 3.8) is 0 Å². The summed E-state index contributed by atoms with van der Waals surface area (Å²) in [4.78, 5) is 0. The molecule has 0 saturated heterocycles. The van der Waals surface area contributed by atoms with Crippen LogP contribution in [0, 0.1) is 5.82 Å². The topological polar surface area (TPSA) is 43.8 Å². The van der Waals surface area contributed by atoms with Crippen molar-refractivity contribution in [3.05, 3.63) is 47.0 Å². The van der Waals surface area contributed by atoms with Crippen LogP contribution in [0.4, 0.5) is 4.39 Å². The van der Waals surface area contributed by atoms with Gasteiger partial charge in [0.15, 0.2) is 5.82 Å². The normalized spacial score (nSPS) is 22.8. The third-order valence-electron chi connectivity index (χ3n) is 3.40. The van der Waals surface area contributed by atoms with E-state index in [1.807, 2.05) is 12.1 Å². The van der Waals surface area contributed by atoms with Gasteiger partial charge in [-0.05, 0) is 42.5 Å². The largest absolute Gasteiger partial charge is 0.328 e. The molecule has 1 aromatic heterocycles. The first-order valence-corrected chi connectivity index (χ1v) is 6.27. The monoisotopic (exact) mass is 265 g/mol. The van der Waals surface area contributed by atoms with Crippen molar-refractivity contribution in [3.8, 4) is 5.69 Å². The van der Waals surface area contributed by atoms with Crippen LogP contribution >= 0.6 is 11.6 Å². The lowest BCUT2D eigenvalue weighted by atomic mass is 9.76. The van der Waals surface area contributed by atoms with Crippen molar-refractivity contribution >= 4 is 11.6 Å². The van der Waals surface area contributed by atoms with Gasteiger partial charge < -0.3 is 5.73 Å². The summed E-state index contributed by atoms with van der Waals surface area (Å²) in [5.41, 5.74) is 7.79. The molecule has 0 unspecified atom stereocenters. The Morgan fingerprint density at radius 1 is 1.39 bits per heavy atom. The fourth-order valence-electron chi connectivity index (χ4n) is 2.41. The highest BCUT2D eigenvalue weighted by Crippen LogP contribution is 2.39. The molecule has 0 bridgehead atoms. The lowest BCUT2D eigenvalue weighted by Crippen LogP contribution is -2.35. The van der Waals surface area contributed by atoms with E-state index in [9.17, 15) is 4.39 Å². The summed E-state index contributed by atoms with van der Waals surface area (Å²) < 4.78 is 14.6. The van der Waals surface area contributed by atoms with E-state index in [1.54, 1.807) is 10.7 Å². The van der Waals surface area contributed by atoms with Crippen LogP contribution in [0.1, 0.15) is 24.3 Å². The zero-order chi connectivity index (χ0) is 12.7. The van der Waals surface area contributed by atoms with Gasteiger partial charge in [-0.15, -0.1) is 0 Å². The predicted octanol–water partition coefficient (Wildman–Crippen LogP) is 2.87. The molecule has 0 amide bonds. The van der Waals surface area contributed by atoms with Crippen molar-refractivity contribution in [2.45, 2.75) is 24.8 Å². The molecule has 3 rings (SSSR count). The highest BCUT2D eigenvalue weighted by atomic mass is 35.5. The highest BCUT2D eigenvalue weighted by Gasteiger charge is 2.29. The Hall–Kier alpha value is -1.39. The molecule has 18 heavy (non-hydrogen) atoms. The maximum absolute atomic E-state index is 13.1. The second kappa shape index (κ2) is 4.37. The Balaban J connectivity index is 2.03. The molecule has 1 aliphatic carbocycles. The molecule has 1 aliphatic rings. The zero-order valence-electron chi connectivity index (χ0n) is 9.68. The van der Waals surface area contributed by atoms with E-state index >= 15 is 0 Å². The van der Waals surface area contributed by atoms with Gasteiger partial charge >= 0.3 is 0 Å². The van der Waals surface area contributed by atoms with Gasteiger partial charge in [0.2, 0.25) is 0 Å². The van der Waals surface area contributed by atoms with Crippen molar-refractivity contribution in [2.24, 2.45) is 5.73 Å². The van der Waals surface area contributed by atoms with Gasteiger partial charge in [-0.3, -0.25) is 0 Å². The summed E-state index contributed by atoms with van der Waals surface area (Å²) in [6, 6.07) is 5.84. The van der Waals surface area contributed by atoms with Gasteiger partial charge in [0.1, 0.15) is 0 Å². The molecule has 1 saturated carbocycles. The van der Waals surface area contributed by atoms with Crippen LogP contribution in [-0.2, 0) is 0 Å². The average Bonchev–Trinajstić information content (AvgIpc) is 2.71. The first kappa shape index (κ1) is 11.7. The van der Waals surface area contributed by atoms with Crippen LogP contribution in [0.25, 0.3) is 5.69 Å². The lowest BCUT2D eigenvalue weighted by molar-refractivity contribution is 0.350. The van der Waals surface area contributed by atoms with E-state index in [0.717, 1.165) is 24.1 Å². The number of rotatable bonds is 2. The van der Waals surface area contributed by atoms with Crippen molar-refractivity contribution in [1.29, 1.82) is 0 Å². The summed E-state index contributed by atoms with van der Waals surface area (Å²) in [5, 5.41) is 4.69. The number of halogens is 2. The minimum absolute atomic E-state index is 0.260. The Morgan fingerprint density at radius 3 is 2.78 bits per heavy atom. The molecular formula is C13H13ClFN3. The quantitative estimate of drug-likeness (QED) is 0.907. The van der Waals surface area contributed by atoms with Crippen molar-refractivity contribution in [1.82, 2.24) is 9.78 Å². The molecule has 94 valence electrons. The molecule has 3 nitrogen and oxygen atoms in total. The van der Waals surface area contributed by atoms with E-state index < -0.39 is 0 Å². The van der Waals surface area contributed by atoms with E-state index in [4.69, 9.17) is 17.3 Å². The maximum atomic E-state index is 13.1. The van der Waals surface area contributed by atoms with Gasteiger partial charge in [0.25, 0.3) is 0 Å². The lowest BCUT2D eigenvalue weighted by Gasteiger charge is -2.34. The highest BCUT2D eigenvalue weighted by molar-refractivity contribution is 6.30. The molecular weight excluding hydrogens is 253 g/mol. The smallest absolute Gasteiger partial charge is 0.161 e. The van der Waals surface area contributed by atoms with Crippen LogP contribution in [0.5, 0.6) is 0 Å². The van der Waals surface area contributed by atoms with E-state index in [0.29, 0.717) is 10.9 Å². The Kier molecular flexibility index (Phi) is 2.84. The minimum atomic E-state index is -0.346. The van der Waals surface area contributed by atoms with Gasteiger partial charge in [-0.1, -0.05) is 11.6 Å². The number of benzene rings is 1. The summed E-state index contributed by atoms with van der Waals surface area (Å²) in [7, 11) is 0. The Bertz CT molecular complexity index is 575. The molecule has 2 N–H and O–H groups in total. The van der Waals surface area contributed by atoms with Gasteiger partial charge in [0, 0.05) is 11.1 Å². The summed E-state index contributed by atoms with van der Waals surface area (Å²) in [5.74, 6) is 0.0437. The number of nitrogens with two attached hydrogens (primary N) is 1. The van der Waals surface area contributed by atoms with Gasteiger partial charge in [0.05, 0.1) is 18.1 Å². The molecule has 1 fully saturated rings. The third kappa shape index (κ3) is 2.02. The maximum Gasteiger partial charge on any atom is 0.161 e. The number of nitrogens with zero attached hydrogens (tertiary/aromatic N) is 2. The van der Waals surface area contributed by atoms with E-state index in [1.165, 1.54) is 12.4 Å². The average molecular weight is 266 g/mol. The molecule has 0 radical (unpaired) electrons. The zero-order valence-corrected chi connectivity index (χ0v) is 10.4. The Morgan fingerprint density at radius 2 is 2.17 bits per heavy atom.